The lowest BCUT2D eigenvalue weighted by atomic mass is 9.83. The highest BCUT2D eigenvalue weighted by molar-refractivity contribution is 5.92. The van der Waals surface area contributed by atoms with E-state index in [0.717, 1.165) is 39.4 Å². The van der Waals surface area contributed by atoms with E-state index in [1.807, 2.05) is 30.3 Å². The molecule has 4 aromatic carbocycles. The van der Waals surface area contributed by atoms with Crippen molar-refractivity contribution < 1.29 is 4.39 Å². The monoisotopic (exact) mass is 464 g/mol. The molecule has 0 saturated heterocycles. The van der Waals surface area contributed by atoms with Gasteiger partial charge in [-0.1, -0.05) is 48.5 Å². The molecule has 1 aliphatic rings. The number of hydrogen-bond donors (Lipinski definition) is 2. The molecule has 0 bridgehead atoms. The lowest BCUT2D eigenvalue weighted by molar-refractivity contribution is 0.596. The first-order valence-corrected chi connectivity index (χ1v) is 12.3. The highest BCUT2D eigenvalue weighted by Gasteiger charge is 2.35. The summed E-state index contributed by atoms with van der Waals surface area (Å²) < 4.78 is 15.4. The third kappa shape index (κ3) is 4.49. The zero-order valence-electron chi connectivity index (χ0n) is 20.7. The van der Waals surface area contributed by atoms with Crippen LogP contribution in [0.3, 0.4) is 0 Å². The van der Waals surface area contributed by atoms with E-state index >= 15 is 4.39 Å². The molecule has 0 saturated carbocycles. The second-order valence-electron chi connectivity index (χ2n) is 9.76. The number of halogens is 1. The molecule has 4 heteroatoms. The molecule has 0 aliphatic carbocycles. The number of anilines is 4. The molecular formula is C31H32FN3. The predicted octanol–water partition coefficient (Wildman–Crippen LogP) is 8.37. The summed E-state index contributed by atoms with van der Waals surface area (Å²) in [7, 11) is 0. The van der Waals surface area contributed by atoms with Crippen molar-refractivity contribution >= 4 is 22.7 Å². The van der Waals surface area contributed by atoms with Crippen molar-refractivity contribution in [2.75, 3.05) is 15.5 Å². The quantitative estimate of drug-likeness (QED) is 0.300. The van der Waals surface area contributed by atoms with Crippen LogP contribution in [0.2, 0.25) is 0 Å². The van der Waals surface area contributed by atoms with Crippen LogP contribution in [0.15, 0.2) is 91.0 Å². The smallest absolute Gasteiger partial charge is 0.128 e. The van der Waals surface area contributed by atoms with Crippen LogP contribution in [0.1, 0.15) is 44.9 Å². The van der Waals surface area contributed by atoms with Crippen LogP contribution in [-0.2, 0) is 0 Å². The minimum Gasteiger partial charge on any atom is -0.383 e. The Morgan fingerprint density at radius 1 is 0.657 bits per heavy atom. The summed E-state index contributed by atoms with van der Waals surface area (Å²) >= 11 is 0. The van der Waals surface area contributed by atoms with Gasteiger partial charge in [0.05, 0.1) is 11.7 Å². The van der Waals surface area contributed by atoms with Gasteiger partial charge in [-0.15, -0.1) is 0 Å². The number of benzene rings is 4. The molecule has 178 valence electrons. The Morgan fingerprint density at radius 2 is 1.26 bits per heavy atom. The first-order valence-electron chi connectivity index (χ1n) is 12.3. The van der Waals surface area contributed by atoms with E-state index in [0.29, 0.717) is 17.6 Å². The van der Waals surface area contributed by atoms with Crippen LogP contribution >= 0.6 is 0 Å². The average molecular weight is 465 g/mol. The molecule has 35 heavy (non-hydrogen) atoms. The zero-order valence-corrected chi connectivity index (χ0v) is 20.7. The summed E-state index contributed by atoms with van der Waals surface area (Å²) in [5.41, 5.74) is 8.19. The molecule has 1 unspecified atom stereocenters. The molecule has 5 rings (SSSR count). The minimum atomic E-state index is -0.315. The highest BCUT2D eigenvalue weighted by atomic mass is 18.2. The standard InChI is InChI=1S/C31H32FN3/c1-20(2)33-22-14-16-25-26-17-15-23(34-21(3)4)19-30(26)35(24-10-6-5-7-11-24)31(28(25)18-22)27-12-8-9-13-29(27)32/h5-21,31,33-34H,1-4H3/i32-1. The van der Waals surface area contributed by atoms with E-state index in [-0.39, 0.29) is 11.9 Å². The number of rotatable bonds is 6. The molecule has 3 nitrogen and oxygen atoms in total. The SMILES string of the molecule is CC(C)Nc1ccc2c(c1)C(c1ccccc1[18F])N(c1ccccc1)c1cc(NC(C)C)ccc1-2. The van der Waals surface area contributed by atoms with Crippen molar-refractivity contribution in [1.29, 1.82) is 0 Å². The third-order valence-electron chi connectivity index (χ3n) is 6.30. The van der Waals surface area contributed by atoms with Crippen molar-refractivity contribution in [1.82, 2.24) is 0 Å². The zero-order chi connectivity index (χ0) is 24.5. The maximum Gasteiger partial charge on any atom is 0.128 e. The molecule has 4 aromatic rings. The first-order chi connectivity index (χ1) is 16.9. The maximum absolute atomic E-state index is 15.4. The fourth-order valence-electron chi connectivity index (χ4n) is 5.00. The van der Waals surface area contributed by atoms with Crippen molar-refractivity contribution in [2.45, 2.75) is 45.8 Å². The van der Waals surface area contributed by atoms with Gasteiger partial charge < -0.3 is 15.5 Å². The Morgan fingerprint density at radius 3 is 1.91 bits per heavy atom. The van der Waals surface area contributed by atoms with E-state index in [1.54, 1.807) is 12.1 Å². The number of nitrogens with zero attached hydrogens (tertiary/aromatic N) is 1. The van der Waals surface area contributed by atoms with Gasteiger partial charge in [0, 0.05) is 40.3 Å². The number of nitrogens with one attached hydrogen (secondary N) is 2. The third-order valence-corrected chi connectivity index (χ3v) is 6.30. The second kappa shape index (κ2) is 9.46. The van der Waals surface area contributed by atoms with Gasteiger partial charge >= 0.3 is 0 Å². The molecule has 0 spiro atoms. The summed E-state index contributed by atoms with van der Waals surface area (Å²) in [6, 6.07) is 30.7. The van der Waals surface area contributed by atoms with E-state index < -0.39 is 0 Å². The molecule has 0 radical (unpaired) electrons. The molecule has 2 N–H and O–H groups in total. The average Bonchev–Trinajstić information content (AvgIpc) is 2.83. The number of fused-ring (bicyclic) bond motifs is 3. The summed E-state index contributed by atoms with van der Waals surface area (Å²) in [5.74, 6) is -0.202. The number of para-hydroxylation sites is 1. The first kappa shape index (κ1) is 23.0. The molecule has 1 heterocycles. The molecule has 0 fully saturated rings. The van der Waals surface area contributed by atoms with Crippen LogP contribution in [0, 0.1) is 5.82 Å². The van der Waals surface area contributed by atoms with E-state index in [2.05, 4.69) is 91.8 Å². The van der Waals surface area contributed by atoms with Crippen LogP contribution < -0.4 is 15.5 Å². The predicted molar refractivity (Wildman–Crippen MR) is 146 cm³/mol. The fourth-order valence-corrected chi connectivity index (χ4v) is 5.00. The Labute approximate surface area is 207 Å². The van der Waals surface area contributed by atoms with Gasteiger partial charge in [0.15, 0.2) is 0 Å². The van der Waals surface area contributed by atoms with Crippen LogP contribution in [0.25, 0.3) is 11.1 Å². The van der Waals surface area contributed by atoms with Gasteiger partial charge in [-0.2, -0.15) is 0 Å². The van der Waals surface area contributed by atoms with E-state index in [1.165, 1.54) is 0 Å². The summed E-state index contributed by atoms with van der Waals surface area (Å²) in [6.45, 7) is 8.52. The van der Waals surface area contributed by atoms with Crippen LogP contribution in [0.5, 0.6) is 0 Å². The van der Waals surface area contributed by atoms with E-state index in [4.69, 9.17) is 0 Å². The van der Waals surface area contributed by atoms with Gasteiger partial charge in [-0.3, -0.25) is 0 Å². The van der Waals surface area contributed by atoms with Crippen LogP contribution in [0.4, 0.5) is 27.1 Å². The van der Waals surface area contributed by atoms with Crippen molar-refractivity contribution in [3.05, 3.63) is 108 Å². The summed E-state index contributed by atoms with van der Waals surface area (Å²) in [6.07, 6.45) is 0. The molecule has 0 amide bonds. The molecular weight excluding hydrogens is 432 g/mol. The largest absolute Gasteiger partial charge is 0.383 e. The summed E-state index contributed by atoms with van der Waals surface area (Å²) in [4.78, 5) is 2.28. The lowest BCUT2D eigenvalue weighted by Gasteiger charge is -2.41. The highest BCUT2D eigenvalue weighted by Crippen LogP contribution is 2.52. The normalized spacial score (nSPS) is 14.6. The Hall–Kier alpha value is -3.79. The Kier molecular flexibility index (Phi) is 6.21. The maximum atomic E-state index is 15.4. The van der Waals surface area contributed by atoms with Crippen LogP contribution in [-0.4, -0.2) is 12.1 Å². The topological polar surface area (TPSA) is 27.3 Å². The summed E-state index contributed by atoms with van der Waals surface area (Å²) in [5, 5.41) is 7.07. The second-order valence-corrected chi connectivity index (χ2v) is 9.76. The molecule has 1 atom stereocenters. The minimum absolute atomic E-state index is 0.202. The Balaban J connectivity index is 1.81. The molecule has 1 aliphatic heterocycles. The fraction of sp³-hybridized carbons (Fsp3) is 0.226. The van der Waals surface area contributed by atoms with Gasteiger partial charge in [-0.05, 0) is 81.3 Å². The van der Waals surface area contributed by atoms with Crippen molar-refractivity contribution in [2.24, 2.45) is 0 Å². The lowest BCUT2D eigenvalue weighted by Crippen LogP contribution is -2.30. The van der Waals surface area contributed by atoms with Gasteiger partial charge in [0.2, 0.25) is 0 Å². The van der Waals surface area contributed by atoms with Gasteiger partial charge in [-0.25, -0.2) is 4.39 Å². The van der Waals surface area contributed by atoms with Gasteiger partial charge in [0.1, 0.15) is 5.82 Å². The van der Waals surface area contributed by atoms with Crippen molar-refractivity contribution in [3.8, 4) is 11.1 Å². The number of hydrogen-bond acceptors (Lipinski definition) is 3. The van der Waals surface area contributed by atoms with Crippen molar-refractivity contribution in [3.63, 3.8) is 0 Å². The van der Waals surface area contributed by atoms with E-state index in [9.17, 15) is 0 Å². The molecule has 0 aromatic heterocycles. The Bertz CT molecular complexity index is 1330. The van der Waals surface area contributed by atoms with Gasteiger partial charge in [0.25, 0.3) is 0 Å².